The van der Waals surface area contributed by atoms with E-state index in [2.05, 4.69) is 15.5 Å². The summed E-state index contributed by atoms with van der Waals surface area (Å²) in [5.74, 6) is 0.521. The number of nitrogens with one attached hydrogen (secondary N) is 1. The molecular weight excluding hydrogens is 462 g/mol. The summed E-state index contributed by atoms with van der Waals surface area (Å²) in [5, 5.41) is 11.4. The van der Waals surface area contributed by atoms with E-state index in [1.165, 1.54) is 0 Å². The minimum Gasteiger partial charge on any atom is -0.497 e. The second-order valence-corrected chi connectivity index (χ2v) is 8.19. The lowest BCUT2D eigenvalue weighted by atomic mass is 10.0. The maximum absolute atomic E-state index is 12.9. The number of carbonyl (C=O) groups is 2. The van der Waals surface area contributed by atoms with Crippen LogP contribution in [0.25, 0.3) is 11.5 Å². The average Bonchev–Trinajstić information content (AvgIpc) is 3.33. The highest BCUT2D eigenvalue weighted by molar-refractivity contribution is 7.99. The molecule has 4 rings (SSSR count). The van der Waals surface area contributed by atoms with Crippen LogP contribution in [0.3, 0.4) is 0 Å². The molecule has 33 heavy (non-hydrogen) atoms. The molecule has 0 aliphatic carbocycles. The summed E-state index contributed by atoms with van der Waals surface area (Å²) in [5.41, 5.74) is 1.93. The number of hydrogen-bond donors (Lipinski definition) is 1. The molecule has 3 aromatic carbocycles. The number of anilines is 1. The number of hydrogen-bond acceptors (Lipinski definition) is 7. The van der Waals surface area contributed by atoms with Gasteiger partial charge >= 0.3 is 0 Å². The molecule has 1 amide bonds. The molecule has 9 heteroatoms. The van der Waals surface area contributed by atoms with Crippen LogP contribution in [0.4, 0.5) is 5.69 Å². The molecule has 166 valence electrons. The fourth-order valence-electron chi connectivity index (χ4n) is 2.99. The van der Waals surface area contributed by atoms with E-state index in [0.29, 0.717) is 27.7 Å². The van der Waals surface area contributed by atoms with Crippen LogP contribution in [-0.4, -0.2) is 34.8 Å². The van der Waals surface area contributed by atoms with Crippen LogP contribution in [0.5, 0.6) is 5.75 Å². The Kier molecular flexibility index (Phi) is 7.07. The second-order valence-electron chi connectivity index (χ2n) is 6.82. The molecule has 7 nitrogen and oxygen atoms in total. The molecule has 0 saturated carbocycles. The first kappa shape index (κ1) is 22.6. The largest absolute Gasteiger partial charge is 0.497 e. The Morgan fingerprint density at radius 3 is 2.52 bits per heavy atom. The van der Waals surface area contributed by atoms with Crippen LogP contribution in [0.1, 0.15) is 15.9 Å². The third kappa shape index (κ3) is 5.60. The number of halogens is 1. The van der Waals surface area contributed by atoms with Gasteiger partial charge in [-0.2, -0.15) is 0 Å². The monoisotopic (exact) mass is 479 g/mol. The van der Waals surface area contributed by atoms with E-state index in [0.717, 1.165) is 23.1 Å². The topological polar surface area (TPSA) is 94.3 Å². The van der Waals surface area contributed by atoms with E-state index in [1.807, 2.05) is 6.07 Å². The van der Waals surface area contributed by atoms with E-state index in [1.54, 1.807) is 73.8 Å². The smallest absolute Gasteiger partial charge is 0.277 e. The third-order valence-electron chi connectivity index (χ3n) is 4.61. The maximum Gasteiger partial charge on any atom is 0.277 e. The number of thioether (sulfide) groups is 1. The van der Waals surface area contributed by atoms with E-state index in [9.17, 15) is 9.59 Å². The summed E-state index contributed by atoms with van der Waals surface area (Å²) in [6, 6.07) is 20.8. The van der Waals surface area contributed by atoms with Crippen molar-refractivity contribution in [3.05, 3.63) is 88.9 Å². The predicted molar refractivity (Wildman–Crippen MR) is 127 cm³/mol. The van der Waals surface area contributed by atoms with E-state index < -0.39 is 0 Å². The Bertz CT molecular complexity index is 1280. The van der Waals surface area contributed by atoms with Gasteiger partial charge in [-0.1, -0.05) is 53.7 Å². The summed E-state index contributed by atoms with van der Waals surface area (Å²) in [7, 11) is 1.59. The number of benzene rings is 3. The first-order valence-electron chi connectivity index (χ1n) is 9.83. The summed E-state index contributed by atoms with van der Waals surface area (Å²) in [6.45, 7) is 0. The molecule has 0 bridgehead atoms. The number of rotatable bonds is 8. The summed E-state index contributed by atoms with van der Waals surface area (Å²) in [4.78, 5) is 25.5. The number of aromatic nitrogens is 2. The maximum atomic E-state index is 12.9. The number of ether oxygens (including phenoxy) is 1. The first-order valence-corrected chi connectivity index (χ1v) is 11.2. The lowest BCUT2D eigenvalue weighted by Crippen LogP contribution is -2.17. The molecule has 0 radical (unpaired) electrons. The molecule has 0 spiro atoms. The van der Waals surface area contributed by atoms with Crippen LogP contribution in [-0.2, 0) is 4.79 Å². The van der Waals surface area contributed by atoms with Gasteiger partial charge in [0.2, 0.25) is 11.8 Å². The molecule has 1 heterocycles. The molecule has 0 fully saturated rings. The minimum atomic E-state index is -0.325. The lowest BCUT2D eigenvalue weighted by Gasteiger charge is -2.11. The zero-order valence-corrected chi connectivity index (χ0v) is 19.0. The fraction of sp³-hybridized carbons (Fsp3) is 0.0833. The minimum absolute atomic E-state index is 0.0197. The molecule has 0 aliphatic heterocycles. The zero-order valence-electron chi connectivity index (χ0n) is 17.4. The zero-order chi connectivity index (χ0) is 23.2. The van der Waals surface area contributed by atoms with Gasteiger partial charge in [-0.25, -0.2) is 0 Å². The molecule has 0 saturated heterocycles. The van der Waals surface area contributed by atoms with Gasteiger partial charge < -0.3 is 14.5 Å². The molecule has 4 aromatic rings. The van der Waals surface area contributed by atoms with Crippen LogP contribution >= 0.6 is 23.4 Å². The van der Waals surface area contributed by atoms with Crippen molar-refractivity contribution in [2.24, 2.45) is 0 Å². The second kappa shape index (κ2) is 10.3. The molecule has 1 N–H and O–H groups in total. The first-order chi connectivity index (χ1) is 16.0. The molecule has 0 aliphatic rings. The number of methoxy groups -OCH3 is 1. The van der Waals surface area contributed by atoms with Crippen molar-refractivity contribution in [1.82, 2.24) is 10.2 Å². The van der Waals surface area contributed by atoms with Gasteiger partial charge in [0, 0.05) is 21.7 Å². The van der Waals surface area contributed by atoms with E-state index >= 15 is 0 Å². The average molecular weight is 480 g/mol. The Labute approximate surface area is 199 Å². The quantitative estimate of drug-likeness (QED) is 0.268. The highest BCUT2D eigenvalue weighted by Crippen LogP contribution is 2.26. The number of amides is 1. The van der Waals surface area contributed by atoms with E-state index in [-0.39, 0.29) is 22.7 Å². The summed E-state index contributed by atoms with van der Waals surface area (Å²) >= 11 is 7.19. The van der Waals surface area contributed by atoms with Crippen LogP contribution in [0.2, 0.25) is 5.02 Å². The van der Waals surface area contributed by atoms with Crippen molar-refractivity contribution in [1.29, 1.82) is 0 Å². The van der Waals surface area contributed by atoms with Gasteiger partial charge in [0.25, 0.3) is 5.22 Å². The Hall–Kier alpha value is -3.62. The van der Waals surface area contributed by atoms with Crippen molar-refractivity contribution < 1.29 is 18.7 Å². The van der Waals surface area contributed by atoms with Crippen molar-refractivity contribution in [3.63, 3.8) is 0 Å². The van der Waals surface area contributed by atoms with Crippen LogP contribution in [0, 0.1) is 0 Å². The van der Waals surface area contributed by atoms with Crippen molar-refractivity contribution in [2.75, 3.05) is 18.2 Å². The van der Waals surface area contributed by atoms with Crippen molar-refractivity contribution in [3.8, 4) is 17.2 Å². The molecule has 0 atom stereocenters. The Balaban J connectivity index is 1.41. The Morgan fingerprint density at radius 1 is 1.03 bits per heavy atom. The van der Waals surface area contributed by atoms with Crippen molar-refractivity contribution >= 4 is 40.7 Å². The van der Waals surface area contributed by atoms with Gasteiger partial charge in [0.15, 0.2) is 5.78 Å². The Morgan fingerprint density at radius 2 is 1.79 bits per heavy atom. The molecule has 1 aromatic heterocycles. The number of ketones is 1. The van der Waals surface area contributed by atoms with Gasteiger partial charge in [-0.05, 0) is 42.5 Å². The highest BCUT2D eigenvalue weighted by Gasteiger charge is 2.17. The van der Waals surface area contributed by atoms with E-state index in [4.69, 9.17) is 20.8 Å². The normalized spacial score (nSPS) is 10.6. The standard InChI is InChI=1S/C24H18ClN3O4S/c1-31-18-10-7-16(8-11-18)23-27-28-24(32-23)33-14-21(29)26-20-12-9-17(25)13-19(20)22(30)15-5-3-2-4-6-15/h2-13H,14H2,1H3,(H,26,29). The van der Waals surface area contributed by atoms with Gasteiger partial charge in [0.05, 0.1) is 18.6 Å². The SMILES string of the molecule is COc1ccc(-c2nnc(SCC(=O)Nc3ccc(Cl)cc3C(=O)c3ccccc3)o2)cc1. The molecule has 0 unspecified atom stereocenters. The fourth-order valence-corrected chi connectivity index (χ4v) is 3.73. The number of carbonyl (C=O) groups excluding carboxylic acids is 2. The van der Waals surface area contributed by atoms with Crippen molar-refractivity contribution in [2.45, 2.75) is 5.22 Å². The van der Waals surface area contributed by atoms with Gasteiger partial charge in [-0.15, -0.1) is 10.2 Å². The lowest BCUT2D eigenvalue weighted by molar-refractivity contribution is -0.113. The third-order valence-corrected chi connectivity index (χ3v) is 5.66. The number of nitrogens with zero attached hydrogens (tertiary/aromatic N) is 2. The van der Waals surface area contributed by atoms with Crippen LogP contribution < -0.4 is 10.1 Å². The van der Waals surface area contributed by atoms with Crippen LogP contribution in [0.15, 0.2) is 82.4 Å². The summed E-state index contributed by atoms with van der Waals surface area (Å²) < 4.78 is 10.8. The summed E-state index contributed by atoms with van der Waals surface area (Å²) in [6.07, 6.45) is 0. The molecular formula is C24H18ClN3O4S. The van der Waals surface area contributed by atoms with Gasteiger partial charge in [-0.3, -0.25) is 9.59 Å². The highest BCUT2D eigenvalue weighted by atomic mass is 35.5. The van der Waals surface area contributed by atoms with Gasteiger partial charge in [0.1, 0.15) is 5.75 Å². The predicted octanol–water partition coefficient (Wildman–Crippen LogP) is 5.36.